The monoisotopic (exact) mass is 283 g/mol. The van der Waals surface area contributed by atoms with Gasteiger partial charge < -0.3 is 20.5 Å². The summed E-state index contributed by atoms with van der Waals surface area (Å²) in [7, 11) is 0. The maximum atomic E-state index is 11.7. The van der Waals surface area contributed by atoms with E-state index in [0.29, 0.717) is 17.1 Å². The number of carboxylic acids is 1. The molecule has 6 heteroatoms. The van der Waals surface area contributed by atoms with Gasteiger partial charge >= 0.3 is 6.03 Å². The van der Waals surface area contributed by atoms with Crippen molar-refractivity contribution in [2.75, 3.05) is 5.32 Å². The molecule has 0 aliphatic carbocycles. The molecule has 2 amide bonds. The minimum atomic E-state index is -1.29. The van der Waals surface area contributed by atoms with Gasteiger partial charge in [0.1, 0.15) is 0 Å². The predicted octanol–water partition coefficient (Wildman–Crippen LogP) is 1.63. The van der Waals surface area contributed by atoms with Crippen molar-refractivity contribution in [1.82, 2.24) is 5.32 Å². The fourth-order valence-electron chi connectivity index (χ4n) is 1.51. The van der Waals surface area contributed by atoms with E-state index in [1.807, 2.05) is 6.92 Å². The van der Waals surface area contributed by atoms with Crippen molar-refractivity contribution in [2.24, 2.45) is 5.92 Å². The van der Waals surface area contributed by atoms with Crippen molar-refractivity contribution in [3.05, 3.63) is 29.3 Å². The summed E-state index contributed by atoms with van der Waals surface area (Å²) in [5, 5.41) is 16.4. The van der Waals surface area contributed by atoms with E-state index in [9.17, 15) is 14.7 Å². The number of halogens is 1. The first kappa shape index (κ1) is 15.3. The molecule has 0 saturated carbocycles. The summed E-state index contributed by atoms with van der Waals surface area (Å²) in [6.45, 7) is 3.59. The smallest absolute Gasteiger partial charge is 0.319 e. The summed E-state index contributed by atoms with van der Waals surface area (Å²) in [4.78, 5) is 22.6. The van der Waals surface area contributed by atoms with Crippen LogP contribution in [0.3, 0.4) is 0 Å². The number of aliphatic carboxylic acids is 1. The number of carbonyl (C=O) groups excluding carboxylic acids is 2. The standard InChI is InChI=1S/C13H17ClN2O3/c1-3-8(2)11(12(17)18)16-13(19)15-10-6-4-9(14)5-7-10/h4-8,11H,3H2,1-2H3,(H,17,18)(H2,15,16,19)/p-1/t8-,11+/m1/s1. The van der Waals surface area contributed by atoms with Crippen molar-refractivity contribution in [3.63, 3.8) is 0 Å². The van der Waals surface area contributed by atoms with Crippen LogP contribution in [0.5, 0.6) is 0 Å². The third kappa shape index (κ3) is 4.79. The van der Waals surface area contributed by atoms with Gasteiger partial charge in [0, 0.05) is 10.7 Å². The van der Waals surface area contributed by atoms with Gasteiger partial charge in [-0.2, -0.15) is 0 Å². The molecule has 0 spiro atoms. The average molecular weight is 284 g/mol. The fraction of sp³-hybridized carbons (Fsp3) is 0.385. The van der Waals surface area contributed by atoms with Crippen LogP contribution in [0.4, 0.5) is 10.5 Å². The Kier molecular flexibility index (Phi) is 5.63. The molecule has 19 heavy (non-hydrogen) atoms. The Hall–Kier alpha value is -1.75. The Labute approximate surface area is 117 Å². The molecule has 2 atom stereocenters. The highest BCUT2D eigenvalue weighted by molar-refractivity contribution is 6.30. The zero-order valence-corrected chi connectivity index (χ0v) is 11.5. The lowest BCUT2D eigenvalue weighted by molar-refractivity contribution is -0.309. The quantitative estimate of drug-likeness (QED) is 0.862. The predicted molar refractivity (Wildman–Crippen MR) is 71.9 cm³/mol. The third-order valence-corrected chi connectivity index (χ3v) is 3.11. The molecule has 2 N–H and O–H groups in total. The molecule has 1 rings (SSSR count). The average Bonchev–Trinajstić information content (AvgIpc) is 2.37. The topological polar surface area (TPSA) is 81.3 Å². The summed E-state index contributed by atoms with van der Waals surface area (Å²) in [5.41, 5.74) is 0.531. The molecule has 0 bridgehead atoms. The summed E-state index contributed by atoms with van der Waals surface area (Å²) < 4.78 is 0. The number of rotatable bonds is 5. The molecule has 0 saturated heterocycles. The van der Waals surface area contributed by atoms with Crippen LogP contribution in [-0.4, -0.2) is 18.0 Å². The van der Waals surface area contributed by atoms with Gasteiger partial charge in [-0.1, -0.05) is 31.9 Å². The van der Waals surface area contributed by atoms with Crippen LogP contribution >= 0.6 is 11.6 Å². The van der Waals surface area contributed by atoms with E-state index in [1.165, 1.54) is 0 Å². The maximum absolute atomic E-state index is 11.7. The van der Waals surface area contributed by atoms with Crippen LogP contribution in [0.15, 0.2) is 24.3 Å². The lowest BCUT2D eigenvalue weighted by Gasteiger charge is -2.25. The van der Waals surface area contributed by atoms with E-state index in [-0.39, 0.29) is 5.92 Å². The summed E-state index contributed by atoms with van der Waals surface area (Å²) in [6, 6.07) is 4.90. The SMILES string of the molecule is CC[C@@H](C)[C@H](NC(=O)Nc1ccc(Cl)cc1)C(=O)[O-]. The zero-order chi connectivity index (χ0) is 14.4. The number of carboxylic acid groups (broad SMARTS) is 1. The molecule has 0 fully saturated rings. The van der Waals surface area contributed by atoms with Crippen LogP contribution in [0.25, 0.3) is 0 Å². The van der Waals surface area contributed by atoms with Gasteiger partial charge in [-0.15, -0.1) is 0 Å². The zero-order valence-electron chi connectivity index (χ0n) is 10.8. The molecule has 0 unspecified atom stereocenters. The van der Waals surface area contributed by atoms with Crippen LogP contribution in [0.1, 0.15) is 20.3 Å². The molecule has 0 aliphatic rings. The molecule has 1 aromatic carbocycles. The molecule has 0 radical (unpaired) electrons. The number of benzene rings is 1. The van der Waals surface area contributed by atoms with E-state index in [1.54, 1.807) is 31.2 Å². The molecular formula is C13H16ClN2O3-. The first-order valence-corrected chi connectivity index (χ1v) is 6.35. The molecular weight excluding hydrogens is 268 g/mol. The normalized spacial score (nSPS) is 13.4. The fourth-order valence-corrected chi connectivity index (χ4v) is 1.64. The molecule has 1 aromatic rings. The lowest BCUT2D eigenvalue weighted by Crippen LogP contribution is -2.52. The van der Waals surface area contributed by atoms with Crippen molar-refractivity contribution < 1.29 is 14.7 Å². The second kappa shape index (κ2) is 6.99. The highest BCUT2D eigenvalue weighted by Crippen LogP contribution is 2.13. The van der Waals surface area contributed by atoms with Crippen molar-refractivity contribution in [2.45, 2.75) is 26.3 Å². The van der Waals surface area contributed by atoms with Crippen LogP contribution < -0.4 is 15.7 Å². The summed E-state index contributed by atoms with van der Waals surface area (Å²) in [5.74, 6) is -1.50. The highest BCUT2D eigenvalue weighted by Gasteiger charge is 2.19. The van der Waals surface area contributed by atoms with E-state index in [0.717, 1.165) is 0 Å². The summed E-state index contributed by atoms with van der Waals surface area (Å²) in [6.07, 6.45) is 0.625. The second-order valence-corrected chi connectivity index (χ2v) is 4.72. The number of urea groups is 1. The number of carbonyl (C=O) groups is 2. The van der Waals surface area contributed by atoms with Crippen LogP contribution in [-0.2, 0) is 4.79 Å². The number of anilines is 1. The van der Waals surface area contributed by atoms with E-state index in [2.05, 4.69) is 10.6 Å². The number of nitrogens with one attached hydrogen (secondary N) is 2. The van der Waals surface area contributed by atoms with Gasteiger partial charge in [-0.05, 0) is 30.2 Å². The molecule has 0 aliphatic heterocycles. The highest BCUT2D eigenvalue weighted by atomic mass is 35.5. The van der Waals surface area contributed by atoms with E-state index in [4.69, 9.17) is 11.6 Å². The first-order valence-electron chi connectivity index (χ1n) is 5.98. The lowest BCUT2D eigenvalue weighted by atomic mass is 9.99. The Balaban J connectivity index is 2.62. The van der Waals surface area contributed by atoms with Crippen molar-refractivity contribution >= 4 is 29.3 Å². The maximum Gasteiger partial charge on any atom is 0.319 e. The van der Waals surface area contributed by atoms with Crippen LogP contribution in [0, 0.1) is 5.92 Å². The molecule has 104 valence electrons. The van der Waals surface area contributed by atoms with Gasteiger partial charge in [0.05, 0.1) is 12.0 Å². The Morgan fingerprint density at radius 3 is 2.37 bits per heavy atom. The largest absolute Gasteiger partial charge is 0.548 e. The van der Waals surface area contributed by atoms with E-state index < -0.39 is 18.0 Å². The third-order valence-electron chi connectivity index (χ3n) is 2.86. The molecule has 0 aromatic heterocycles. The van der Waals surface area contributed by atoms with Gasteiger partial charge in [-0.3, -0.25) is 0 Å². The minimum absolute atomic E-state index is 0.207. The van der Waals surface area contributed by atoms with Gasteiger partial charge in [0.25, 0.3) is 0 Å². The van der Waals surface area contributed by atoms with Gasteiger partial charge in [0.2, 0.25) is 0 Å². The first-order chi connectivity index (χ1) is 8.93. The second-order valence-electron chi connectivity index (χ2n) is 4.29. The molecule has 0 heterocycles. The minimum Gasteiger partial charge on any atom is -0.548 e. The van der Waals surface area contributed by atoms with Crippen molar-refractivity contribution in [1.29, 1.82) is 0 Å². The Bertz CT molecular complexity index is 448. The van der Waals surface area contributed by atoms with E-state index >= 15 is 0 Å². The van der Waals surface area contributed by atoms with Gasteiger partial charge in [0.15, 0.2) is 0 Å². The number of hydrogen-bond donors (Lipinski definition) is 2. The Morgan fingerprint density at radius 1 is 1.32 bits per heavy atom. The van der Waals surface area contributed by atoms with Crippen molar-refractivity contribution in [3.8, 4) is 0 Å². The number of amides is 2. The van der Waals surface area contributed by atoms with Gasteiger partial charge in [-0.25, -0.2) is 4.79 Å². The Morgan fingerprint density at radius 2 is 1.89 bits per heavy atom. The molecule has 5 nitrogen and oxygen atoms in total. The number of hydrogen-bond acceptors (Lipinski definition) is 3. The van der Waals surface area contributed by atoms with Crippen LogP contribution in [0.2, 0.25) is 5.02 Å². The summed E-state index contributed by atoms with van der Waals surface area (Å²) >= 11 is 5.72.